The van der Waals surface area contributed by atoms with E-state index in [2.05, 4.69) is 15.2 Å². The van der Waals surface area contributed by atoms with E-state index in [4.69, 9.17) is 0 Å². The minimum atomic E-state index is -0.0466. The molecule has 2 saturated heterocycles. The molecule has 2 fully saturated rings. The summed E-state index contributed by atoms with van der Waals surface area (Å²) in [6, 6.07) is 7.94. The van der Waals surface area contributed by atoms with Crippen molar-refractivity contribution < 1.29 is 4.79 Å². The van der Waals surface area contributed by atoms with Crippen LogP contribution in [-0.2, 0) is 0 Å². The summed E-state index contributed by atoms with van der Waals surface area (Å²) in [7, 11) is 0. The molecule has 0 spiro atoms. The third kappa shape index (κ3) is 2.64. The zero-order valence-electron chi connectivity index (χ0n) is 12.5. The Balaban J connectivity index is 1.44. The van der Waals surface area contributed by atoms with Crippen LogP contribution < -0.4 is 5.32 Å². The Morgan fingerprint density at radius 2 is 2.23 bits per heavy atom. The van der Waals surface area contributed by atoms with Crippen LogP contribution in [0, 0.1) is 5.92 Å². The van der Waals surface area contributed by atoms with Crippen LogP contribution in [0.3, 0.4) is 0 Å². The fraction of sp³-hybridized carbons (Fsp3) is 0.412. The lowest BCUT2D eigenvalue weighted by molar-refractivity contribution is 0.206. The molecule has 5 nitrogen and oxygen atoms in total. The molecule has 2 aromatic heterocycles. The first-order valence-electron chi connectivity index (χ1n) is 7.90. The van der Waals surface area contributed by atoms with Gasteiger partial charge in [0.15, 0.2) is 0 Å². The average Bonchev–Trinajstić information content (AvgIpc) is 3.15. The lowest BCUT2D eigenvalue weighted by Crippen LogP contribution is -2.47. The molecule has 22 heavy (non-hydrogen) atoms. The van der Waals surface area contributed by atoms with Gasteiger partial charge < -0.3 is 10.2 Å². The number of nitrogens with one attached hydrogen (secondary N) is 1. The van der Waals surface area contributed by atoms with E-state index in [1.807, 2.05) is 30.5 Å². The summed E-state index contributed by atoms with van der Waals surface area (Å²) in [6.45, 7) is 3.38. The lowest BCUT2D eigenvalue weighted by atomic mass is 9.97. The lowest BCUT2D eigenvalue weighted by Gasteiger charge is -2.30. The van der Waals surface area contributed by atoms with Crippen LogP contribution >= 0.6 is 0 Å². The number of amides is 1. The zero-order chi connectivity index (χ0) is 14.9. The van der Waals surface area contributed by atoms with Gasteiger partial charge in [0.2, 0.25) is 0 Å². The monoisotopic (exact) mass is 296 g/mol. The zero-order valence-corrected chi connectivity index (χ0v) is 12.5. The molecule has 2 aliphatic heterocycles. The fourth-order valence-electron chi connectivity index (χ4n) is 3.62. The van der Waals surface area contributed by atoms with Gasteiger partial charge in [-0.3, -0.25) is 9.55 Å². The Morgan fingerprint density at radius 1 is 1.27 bits per heavy atom. The first-order chi connectivity index (χ1) is 10.8. The van der Waals surface area contributed by atoms with E-state index in [-0.39, 0.29) is 12.1 Å². The Labute approximate surface area is 130 Å². The molecular weight excluding hydrogens is 276 g/mol. The summed E-state index contributed by atoms with van der Waals surface area (Å²) in [6.07, 6.45) is 7.79. The molecule has 0 saturated carbocycles. The van der Waals surface area contributed by atoms with Crippen molar-refractivity contribution in [3.8, 4) is 11.3 Å². The Morgan fingerprint density at radius 3 is 3.05 bits per heavy atom. The first-order valence-corrected chi connectivity index (χ1v) is 7.90. The quantitative estimate of drug-likeness (QED) is 0.924. The van der Waals surface area contributed by atoms with Crippen molar-refractivity contribution in [3.63, 3.8) is 0 Å². The van der Waals surface area contributed by atoms with Crippen LogP contribution in [0.1, 0.15) is 12.8 Å². The highest BCUT2D eigenvalue weighted by atomic mass is 16.2. The minimum absolute atomic E-state index is 0.0466. The molecule has 3 unspecified atom stereocenters. The number of carbonyl (C=O) groups excluding carboxylic acids is 1. The second kappa shape index (κ2) is 5.57. The van der Waals surface area contributed by atoms with Crippen molar-refractivity contribution in [2.45, 2.75) is 18.9 Å². The maximum atomic E-state index is 12.4. The first kappa shape index (κ1) is 13.5. The number of rotatable bonds is 2. The summed E-state index contributed by atoms with van der Waals surface area (Å²) in [5.41, 5.74) is 1.85. The van der Waals surface area contributed by atoms with Crippen molar-refractivity contribution >= 4 is 6.03 Å². The number of fused-ring (bicyclic) bond motifs is 2. The second-order valence-electron chi connectivity index (χ2n) is 6.32. The molecule has 4 heterocycles. The molecule has 5 heteroatoms. The fourth-order valence-corrected chi connectivity index (χ4v) is 3.62. The molecular formula is C17H20N4O. The van der Waals surface area contributed by atoms with E-state index in [0.29, 0.717) is 0 Å². The number of piperidine rings is 1. The maximum Gasteiger partial charge on any atom is 0.325 e. The second-order valence-corrected chi connectivity index (χ2v) is 6.32. The Bertz CT molecular complexity index is 654. The molecule has 2 bridgehead atoms. The van der Waals surface area contributed by atoms with Gasteiger partial charge in [0.1, 0.15) is 0 Å². The van der Waals surface area contributed by atoms with Crippen molar-refractivity contribution in [1.29, 1.82) is 0 Å². The number of carbonyl (C=O) groups is 1. The summed E-state index contributed by atoms with van der Waals surface area (Å²) >= 11 is 0. The van der Waals surface area contributed by atoms with Gasteiger partial charge in [-0.25, -0.2) is 4.79 Å². The van der Waals surface area contributed by atoms with Crippen LogP contribution in [0.4, 0.5) is 4.79 Å². The van der Waals surface area contributed by atoms with Crippen LogP contribution in [0.2, 0.25) is 0 Å². The van der Waals surface area contributed by atoms with E-state index >= 15 is 0 Å². The van der Waals surface area contributed by atoms with E-state index in [9.17, 15) is 4.79 Å². The predicted octanol–water partition coefficient (Wildman–Crippen LogP) is 2.20. The van der Waals surface area contributed by atoms with E-state index in [1.165, 1.54) is 19.5 Å². The van der Waals surface area contributed by atoms with Crippen molar-refractivity contribution in [2.24, 2.45) is 5.92 Å². The molecule has 0 aromatic carbocycles. The predicted molar refractivity (Wildman–Crippen MR) is 84.5 cm³/mol. The molecule has 2 aliphatic rings. The summed E-state index contributed by atoms with van der Waals surface area (Å²) < 4.78 is 1.62. The van der Waals surface area contributed by atoms with E-state index in [1.54, 1.807) is 17.0 Å². The molecule has 3 atom stereocenters. The highest BCUT2D eigenvalue weighted by Crippen LogP contribution is 2.26. The highest BCUT2D eigenvalue weighted by Gasteiger charge is 2.32. The third-order valence-electron chi connectivity index (χ3n) is 4.68. The summed E-state index contributed by atoms with van der Waals surface area (Å²) in [5.74, 6) is 0.757. The minimum Gasteiger partial charge on any atom is -0.333 e. The van der Waals surface area contributed by atoms with Crippen LogP contribution in [0.5, 0.6) is 0 Å². The normalized spacial score (nSPS) is 26.8. The van der Waals surface area contributed by atoms with Gasteiger partial charge in [-0.05, 0) is 43.5 Å². The molecule has 2 aromatic rings. The molecule has 0 radical (unpaired) electrons. The van der Waals surface area contributed by atoms with Crippen LogP contribution in [0.15, 0.2) is 42.9 Å². The molecule has 4 rings (SSSR count). The van der Waals surface area contributed by atoms with Gasteiger partial charge in [0.05, 0.1) is 5.69 Å². The van der Waals surface area contributed by atoms with Crippen LogP contribution in [0.25, 0.3) is 11.3 Å². The number of hydrogen-bond acceptors (Lipinski definition) is 3. The van der Waals surface area contributed by atoms with Crippen molar-refractivity contribution in [2.75, 3.05) is 19.6 Å². The molecule has 114 valence electrons. The van der Waals surface area contributed by atoms with Gasteiger partial charge >= 0.3 is 6.03 Å². The van der Waals surface area contributed by atoms with Crippen molar-refractivity contribution in [3.05, 3.63) is 42.9 Å². The highest BCUT2D eigenvalue weighted by molar-refractivity contribution is 5.78. The summed E-state index contributed by atoms with van der Waals surface area (Å²) in [4.78, 5) is 19.2. The topological polar surface area (TPSA) is 50.2 Å². The largest absolute Gasteiger partial charge is 0.333 e. The standard InChI is InChI=1S/C17H20N4O/c22-17(19-15-9-13-4-7-20(10-13)12-15)21-8-5-14(11-21)16-3-1-2-6-18-16/h1-3,5-6,8,11,13,15H,4,7,9-10,12H2,(H,19,22). The molecule has 1 N–H and O–H groups in total. The number of aromatic nitrogens is 2. The van der Waals surface area contributed by atoms with Gasteiger partial charge in [-0.15, -0.1) is 0 Å². The van der Waals surface area contributed by atoms with Crippen molar-refractivity contribution in [1.82, 2.24) is 19.8 Å². The molecule has 0 aliphatic carbocycles. The smallest absolute Gasteiger partial charge is 0.325 e. The van der Waals surface area contributed by atoms with E-state index < -0.39 is 0 Å². The summed E-state index contributed by atoms with van der Waals surface area (Å²) in [5, 5.41) is 3.16. The third-order valence-corrected chi connectivity index (χ3v) is 4.68. The average molecular weight is 296 g/mol. The molecule has 1 amide bonds. The Hall–Kier alpha value is -2.14. The van der Waals surface area contributed by atoms with Gasteiger partial charge in [-0.1, -0.05) is 6.07 Å². The number of nitrogens with zero attached hydrogens (tertiary/aromatic N) is 3. The van der Waals surface area contributed by atoms with E-state index in [0.717, 1.165) is 30.1 Å². The Kier molecular flexibility index (Phi) is 3.42. The number of pyridine rings is 1. The van der Waals surface area contributed by atoms with Crippen LogP contribution in [-0.4, -0.2) is 46.2 Å². The maximum absolute atomic E-state index is 12.4. The van der Waals surface area contributed by atoms with Gasteiger partial charge in [0, 0.05) is 43.3 Å². The van der Waals surface area contributed by atoms with Gasteiger partial charge in [-0.2, -0.15) is 0 Å². The van der Waals surface area contributed by atoms with Gasteiger partial charge in [0.25, 0.3) is 0 Å². The SMILES string of the molecule is O=C(NC1CC2CCN(C2)C1)n1ccc(-c2ccccn2)c1. The number of hydrogen-bond donors (Lipinski definition) is 1.